The van der Waals surface area contributed by atoms with E-state index in [2.05, 4.69) is 5.32 Å². The molecule has 0 saturated heterocycles. The van der Waals surface area contributed by atoms with Gasteiger partial charge in [-0.1, -0.05) is 18.6 Å². The molecule has 2 rings (SSSR count). The Hall–Kier alpha value is -1.39. The highest BCUT2D eigenvalue weighted by atomic mass is 16.3. The van der Waals surface area contributed by atoms with E-state index in [0.717, 1.165) is 36.9 Å². The molecule has 0 radical (unpaired) electrons. The van der Waals surface area contributed by atoms with Crippen LogP contribution in [0.5, 0.6) is 0 Å². The molecule has 1 aliphatic rings. The highest BCUT2D eigenvalue weighted by Gasteiger charge is 2.25. The third-order valence-electron chi connectivity index (χ3n) is 3.49. The van der Waals surface area contributed by atoms with Gasteiger partial charge in [-0.25, -0.2) is 0 Å². The van der Waals surface area contributed by atoms with Gasteiger partial charge in [0.2, 0.25) is 5.91 Å². The number of aliphatic hydroxyl groups excluding tert-OH is 1. The third-order valence-corrected chi connectivity index (χ3v) is 3.49. The summed E-state index contributed by atoms with van der Waals surface area (Å²) >= 11 is 0. The van der Waals surface area contributed by atoms with E-state index in [0.29, 0.717) is 0 Å². The van der Waals surface area contributed by atoms with Crippen molar-refractivity contribution in [1.82, 2.24) is 0 Å². The van der Waals surface area contributed by atoms with Gasteiger partial charge >= 0.3 is 0 Å². The number of rotatable bonds is 3. The minimum absolute atomic E-state index is 0.0195. The van der Waals surface area contributed by atoms with Crippen LogP contribution in [0, 0.1) is 5.92 Å². The van der Waals surface area contributed by atoms with Crippen molar-refractivity contribution < 1.29 is 9.90 Å². The highest BCUT2D eigenvalue weighted by Crippen LogP contribution is 2.24. The van der Waals surface area contributed by atoms with Crippen LogP contribution in [-0.2, 0) is 11.4 Å². The summed E-state index contributed by atoms with van der Waals surface area (Å²) in [6, 6.07) is 7.40. The van der Waals surface area contributed by atoms with Crippen molar-refractivity contribution in [2.45, 2.75) is 38.3 Å². The van der Waals surface area contributed by atoms with Crippen LogP contribution < -0.4 is 11.1 Å². The van der Waals surface area contributed by atoms with Gasteiger partial charge in [0.15, 0.2) is 0 Å². The lowest BCUT2D eigenvalue weighted by molar-refractivity contribution is -0.120. The average molecular weight is 248 g/mol. The fraction of sp³-hybridized carbons (Fsp3) is 0.500. The van der Waals surface area contributed by atoms with Crippen LogP contribution >= 0.6 is 0 Å². The van der Waals surface area contributed by atoms with Crippen molar-refractivity contribution >= 4 is 11.6 Å². The van der Waals surface area contributed by atoms with Crippen LogP contribution in [0.25, 0.3) is 0 Å². The molecule has 2 unspecified atom stereocenters. The number of hydrogen-bond donors (Lipinski definition) is 3. The number of anilines is 1. The number of carbonyl (C=O) groups is 1. The first-order chi connectivity index (χ1) is 8.69. The first-order valence-electron chi connectivity index (χ1n) is 6.45. The van der Waals surface area contributed by atoms with Crippen molar-refractivity contribution in [3.8, 4) is 0 Å². The molecule has 0 bridgehead atoms. The number of benzene rings is 1. The number of aliphatic hydroxyl groups is 1. The standard InChI is InChI=1S/C14H20N2O2/c15-12-3-1-2-11(8-12)14(18)16-13-6-4-10(9-17)5-7-13/h4-7,11-12,17H,1-3,8-9,15H2,(H,16,18). The van der Waals surface area contributed by atoms with Crippen molar-refractivity contribution in [2.75, 3.05) is 5.32 Å². The van der Waals surface area contributed by atoms with Gasteiger partial charge in [0, 0.05) is 17.6 Å². The first kappa shape index (κ1) is 13.1. The minimum Gasteiger partial charge on any atom is -0.392 e. The number of amides is 1. The average Bonchev–Trinajstić information content (AvgIpc) is 2.39. The second kappa shape index (κ2) is 5.98. The maximum absolute atomic E-state index is 12.1. The van der Waals surface area contributed by atoms with Crippen LogP contribution in [0.15, 0.2) is 24.3 Å². The molecule has 0 spiro atoms. The molecule has 18 heavy (non-hydrogen) atoms. The van der Waals surface area contributed by atoms with Gasteiger partial charge in [-0.2, -0.15) is 0 Å². The molecule has 98 valence electrons. The zero-order valence-corrected chi connectivity index (χ0v) is 10.4. The van der Waals surface area contributed by atoms with Crippen molar-refractivity contribution in [3.05, 3.63) is 29.8 Å². The predicted molar refractivity (Wildman–Crippen MR) is 70.9 cm³/mol. The van der Waals surface area contributed by atoms with Gasteiger partial charge < -0.3 is 16.2 Å². The summed E-state index contributed by atoms with van der Waals surface area (Å²) in [5.74, 6) is 0.0909. The molecule has 1 saturated carbocycles. The van der Waals surface area contributed by atoms with Gasteiger partial charge in [-0.3, -0.25) is 4.79 Å². The molecule has 1 aliphatic carbocycles. The Kier molecular flexibility index (Phi) is 4.33. The molecular formula is C14H20N2O2. The van der Waals surface area contributed by atoms with Gasteiger partial charge in [0.25, 0.3) is 0 Å². The zero-order valence-electron chi connectivity index (χ0n) is 10.4. The van der Waals surface area contributed by atoms with E-state index in [4.69, 9.17) is 10.8 Å². The summed E-state index contributed by atoms with van der Waals surface area (Å²) in [4.78, 5) is 12.1. The Balaban J connectivity index is 1.93. The number of hydrogen-bond acceptors (Lipinski definition) is 3. The van der Waals surface area contributed by atoms with Crippen LogP contribution in [0.2, 0.25) is 0 Å². The summed E-state index contributed by atoms with van der Waals surface area (Å²) in [6.45, 7) is 0.0195. The topological polar surface area (TPSA) is 75.4 Å². The van der Waals surface area contributed by atoms with Gasteiger partial charge in [0.1, 0.15) is 0 Å². The van der Waals surface area contributed by atoms with Gasteiger partial charge in [-0.15, -0.1) is 0 Å². The summed E-state index contributed by atoms with van der Waals surface area (Å²) in [7, 11) is 0. The van der Waals surface area contributed by atoms with Gasteiger partial charge in [0.05, 0.1) is 6.61 Å². The van der Waals surface area contributed by atoms with E-state index in [1.54, 1.807) is 0 Å². The van der Waals surface area contributed by atoms with E-state index < -0.39 is 0 Å². The Morgan fingerprint density at radius 3 is 2.67 bits per heavy atom. The number of nitrogens with two attached hydrogens (primary N) is 1. The Bertz CT molecular complexity index is 403. The molecule has 2 atom stereocenters. The lowest BCUT2D eigenvalue weighted by atomic mass is 9.85. The molecule has 1 aromatic rings. The van der Waals surface area contributed by atoms with E-state index in [9.17, 15) is 4.79 Å². The maximum Gasteiger partial charge on any atom is 0.227 e. The van der Waals surface area contributed by atoms with Crippen molar-refractivity contribution in [2.24, 2.45) is 11.7 Å². The fourth-order valence-electron chi connectivity index (χ4n) is 2.40. The van der Waals surface area contributed by atoms with Crippen LogP contribution in [0.3, 0.4) is 0 Å². The molecule has 0 aliphatic heterocycles. The lowest BCUT2D eigenvalue weighted by Crippen LogP contribution is -2.34. The third kappa shape index (κ3) is 3.31. The molecule has 1 aromatic carbocycles. The summed E-state index contributed by atoms with van der Waals surface area (Å²) in [6.07, 6.45) is 3.76. The Labute approximate surface area is 107 Å². The zero-order chi connectivity index (χ0) is 13.0. The first-order valence-corrected chi connectivity index (χ1v) is 6.45. The van der Waals surface area contributed by atoms with Crippen LogP contribution in [-0.4, -0.2) is 17.1 Å². The molecule has 1 amide bonds. The Morgan fingerprint density at radius 1 is 1.33 bits per heavy atom. The smallest absolute Gasteiger partial charge is 0.227 e. The van der Waals surface area contributed by atoms with E-state index in [1.807, 2.05) is 24.3 Å². The number of carbonyl (C=O) groups excluding carboxylic acids is 1. The largest absolute Gasteiger partial charge is 0.392 e. The molecular weight excluding hydrogens is 228 g/mol. The molecule has 0 heterocycles. The summed E-state index contributed by atoms with van der Waals surface area (Å²) in [5, 5.41) is 11.8. The van der Waals surface area contributed by atoms with E-state index in [-0.39, 0.29) is 24.5 Å². The van der Waals surface area contributed by atoms with Crippen LogP contribution in [0.1, 0.15) is 31.2 Å². The predicted octanol–water partition coefficient (Wildman–Crippen LogP) is 1.63. The Morgan fingerprint density at radius 2 is 2.06 bits per heavy atom. The highest BCUT2D eigenvalue weighted by molar-refractivity contribution is 5.92. The van der Waals surface area contributed by atoms with E-state index >= 15 is 0 Å². The fourth-order valence-corrected chi connectivity index (χ4v) is 2.40. The van der Waals surface area contributed by atoms with Crippen LogP contribution in [0.4, 0.5) is 5.69 Å². The summed E-state index contributed by atoms with van der Waals surface area (Å²) < 4.78 is 0. The molecule has 4 heteroatoms. The SMILES string of the molecule is NC1CCCC(C(=O)Nc2ccc(CO)cc2)C1. The van der Waals surface area contributed by atoms with Crippen molar-refractivity contribution in [3.63, 3.8) is 0 Å². The minimum atomic E-state index is 0.0195. The second-order valence-electron chi connectivity index (χ2n) is 4.97. The second-order valence-corrected chi connectivity index (χ2v) is 4.97. The van der Waals surface area contributed by atoms with Gasteiger partial charge in [-0.05, 0) is 37.0 Å². The maximum atomic E-state index is 12.1. The molecule has 1 fully saturated rings. The quantitative estimate of drug-likeness (QED) is 0.761. The van der Waals surface area contributed by atoms with E-state index in [1.165, 1.54) is 0 Å². The molecule has 4 nitrogen and oxygen atoms in total. The lowest BCUT2D eigenvalue weighted by Gasteiger charge is -2.25. The monoisotopic (exact) mass is 248 g/mol. The normalized spacial score (nSPS) is 23.7. The van der Waals surface area contributed by atoms with Crippen molar-refractivity contribution in [1.29, 1.82) is 0 Å². The molecule has 4 N–H and O–H groups in total. The number of nitrogens with one attached hydrogen (secondary N) is 1. The summed E-state index contributed by atoms with van der Waals surface area (Å²) in [5.41, 5.74) is 7.50. The molecule has 0 aromatic heterocycles.